The van der Waals surface area contributed by atoms with Crippen LogP contribution in [0.15, 0.2) is 12.4 Å². The predicted octanol–water partition coefficient (Wildman–Crippen LogP) is 2.60. The van der Waals surface area contributed by atoms with Crippen molar-refractivity contribution in [2.45, 2.75) is 52.6 Å². The molecule has 4 heteroatoms. The second-order valence-corrected chi connectivity index (χ2v) is 5.72. The molecule has 1 N–H and O–H groups in total. The number of nitrogens with one attached hydrogen (secondary N) is 1. The first-order valence-corrected chi connectivity index (χ1v) is 7.49. The van der Waals surface area contributed by atoms with Crippen LogP contribution in [-0.2, 0) is 6.54 Å². The second-order valence-electron chi connectivity index (χ2n) is 5.72. The normalized spacial score (nSPS) is 23.6. The molecule has 0 radical (unpaired) electrons. The maximum absolute atomic E-state index is 4.74. The molecule has 1 fully saturated rings. The number of hydrogen-bond acceptors (Lipinski definition) is 4. The molecule has 1 aliphatic heterocycles. The minimum atomic E-state index is 0.567. The Morgan fingerprint density at radius 1 is 1.37 bits per heavy atom. The highest BCUT2D eigenvalue weighted by atomic mass is 15.2. The Morgan fingerprint density at radius 3 is 2.95 bits per heavy atom. The van der Waals surface area contributed by atoms with Crippen molar-refractivity contribution in [3.63, 3.8) is 0 Å². The average Bonchev–Trinajstić information content (AvgIpc) is 2.39. The Labute approximate surface area is 116 Å². The van der Waals surface area contributed by atoms with E-state index in [1.807, 2.05) is 12.4 Å². The van der Waals surface area contributed by atoms with Gasteiger partial charge in [0.15, 0.2) is 0 Å². The highest BCUT2D eigenvalue weighted by Gasteiger charge is 2.24. The van der Waals surface area contributed by atoms with Crippen molar-refractivity contribution in [3.8, 4) is 0 Å². The van der Waals surface area contributed by atoms with Gasteiger partial charge in [0, 0.05) is 25.3 Å². The molecule has 1 saturated heterocycles. The molecule has 19 heavy (non-hydrogen) atoms. The summed E-state index contributed by atoms with van der Waals surface area (Å²) in [5.41, 5.74) is 1.04. The summed E-state index contributed by atoms with van der Waals surface area (Å²) in [6.45, 7) is 9.75. The maximum atomic E-state index is 4.74. The molecule has 0 spiro atoms. The standard InChI is InChI=1S/C15H26N4/c1-4-6-16-9-14-10-17-11-15(18-14)19-7-5-12(2)8-13(19)3/h10-13,16H,4-9H2,1-3H3. The van der Waals surface area contributed by atoms with Gasteiger partial charge in [-0.15, -0.1) is 0 Å². The number of aromatic nitrogens is 2. The number of anilines is 1. The van der Waals surface area contributed by atoms with E-state index in [0.29, 0.717) is 6.04 Å². The topological polar surface area (TPSA) is 41.1 Å². The van der Waals surface area contributed by atoms with Crippen molar-refractivity contribution in [1.82, 2.24) is 15.3 Å². The maximum Gasteiger partial charge on any atom is 0.147 e. The SMILES string of the molecule is CCCNCc1cncc(N2CCC(C)CC2C)n1. The van der Waals surface area contributed by atoms with E-state index in [-0.39, 0.29) is 0 Å². The zero-order valence-corrected chi connectivity index (χ0v) is 12.4. The van der Waals surface area contributed by atoms with Gasteiger partial charge in [0.05, 0.1) is 11.9 Å². The van der Waals surface area contributed by atoms with Crippen molar-refractivity contribution < 1.29 is 0 Å². The zero-order valence-electron chi connectivity index (χ0n) is 12.4. The van der Waals surface area contributed by atoms with Crippen LogP contribution in [-0.4, -0.2) is 29.1 Å². The highest BCUT2D eigenvalue weighted by Crippen LogP contribution is 2.25. The first-order chi connectivity index (χ1) is 9.20. The van der Waals surface area contributed by atoms with Gasteiger partial charge in [-0.3, -0.25) is 4.98 Å². The molecule has 2 rings (SSSR count). The van der Waals surface area contributed by atoms with Crippen LogP contribution in [0.3, 0.4) is 0 Å². The summed E-state index contributed by atoms with van der Waals surface area (Å²) < 4.78 is 0. The molecule has 1 aliphatic rings. The van der Waals surface area contributed by atoms with Gasteiger partial charge in [-0.2, -0.15) is 0 Å². The first-order valence-electron chi connectivity index (χ1n) is 7.49. The molecule has 0 bridgehead atoms. The molecule has 106 valence electrons. The van der Waals surface area contributed by atoms with Crippen LogP contribution in [0.4, 0.5) is 5.82 Å². The van der Waals surface area contributed by atoms with Crippen molar-refractivity contribution in [2.75, 3.05) is 18.0 Å². The van der Waals surface area contributed by atoms with Crippen molar-refractivity contribution in [1.29, 1.82) is 0 Å². The van der Waals surface area contributed by atoms with Gasteiger partial charge in [-0.25, -0.2) is 4.98 Å². The molecule has 0 aliphatic carbocycles. The largest absolute Gasteiger partial charge is 0.353 e. The van der Waals surface area contributed by atoms with Crippen molar-refractivity contribution in [3.05, 3.63) is 18.1 Å². The molecular weight excluding hydrogens is 236 g/mol. The van der Waals surface area contributed by atoms with E-state index in [1.165, 1.54) is 12.8 Å². The summed E-state index contributed by atoms with van der Waals surface area (Å²) in [4.78, 5) is 11.5. The Balaban J connectivity index is 2.01. The molecule has 2 unspecified atom stereocenters. The van der Waals surface area contributed by atoms with Crippen LogP contribution in [0.1, 0.15) is 45.7 Å². The Hall–Kier alpha value is -1.16. The van der Waals surface area contributed by atoms with E-state index in [9.17, 15) is 0 Å². The van der Waals surface area contributed by atoms with E-state index in [1.54, 1.807) is 0 Å². The van der Waals surface area contributed by atoms with Crippen LogP contribution < -0.4 is 10.2 Å². The highest BCUT2D eigenvalue weighted by molar-refractivity contribution is 5.38. The van der Waals surface area contributed by atoms with Crippen LogP contribution in [0.2, 0.25) is 0 Å². The number of piperidine rings is 1. The van der Waals surface area contributed by atoms with Gasteiger partial charge in [0.2, 0.25) is 0 Å². The molecule has 1 aromatic heterocycles. The van der Waals surface area contributed by atoms with E-state index < -0.39 is 0 Å². The predicted molar refractivity (Wildman–Crippen MR) is 79.2 cm³/mol. The van der Waals surface area contributed by atoms with E-state index in [4.69, 9.17) is 4.98 Å². The van der Waals surface area contributed by atoms with Gasteiger partial charge in [-0.1, -0.05) is 13.8 Å². The van der Waals surface area contributed by atoms with Gasteiger partial charge in [-0.05, 0) is 38.6 Å². The van der Waals surface area contributed by atoms with Crippen molar-refractivity contribution >= 4 is 5.82 Å². The minimum Gasteiger partial charge on any atom is -0.353 e. The molecule has 2 atom stereocenters. The molecule has 0 saturated carbocycles. The van der Waals surface area contributed by atoms with E-state index >= 15 is 0 Å². The van der Waals surface area contributed by atoms with Crippen LogP contribution >= 0.6 is 0 Å². The van der Waals surface area contributed by atoms with E-state index in [0.717, 1.165) is 43.5 Å². The minimum absolute atomic E-state index is 0.567. The molecule has 1 aromatic rings. The van der Waals surface area contributed by atoms with Crippen molar-refractivity contribution in [2.24, 2.45) is 5.92 Å². The Kier molecular flexibility index (Phi) is 5.14. The molecule has 0 aromatic carbocycles. The fourth-order valence-electron chi connectivity index (χ4n) is 2.76. The summed E-state index contributed by atoms with van der Waals surface area (Å²) in [6, 6.07) is 0.567. The summed E-state index contributed by atoms with van der Waals surface area (Å²) in [5.74, 6) is 1.86. The Morgan fingerprint density at radius 2 is 2.21 bits per heavy atom. The third-order valence-electron chi connectivity index (χ3n) is 3.84. The third kappa shape index (κ3) is 3.90. The molecule has 0 amide bonds. The zero-order chi connectivity index (χ0) is 13.7. The van der Waals surface area contributed by atoms with Gasteiger partial charge in [0.1, 0.15) is 5.82 Å². The monoisotopic (exact) mass is 262 g/mol. The Bertz CT molecular complexity index is 393. The quantitative estimate of drug-likeness (QED) is 0.828. The molecular formula is C15H26N4. The van der Waals surface area contributed by atoms with Gasteiger partial charge in [0.25, 0.3) is 0 Å². The third-order valence-corrected chi connectivity index (χ3v) is 3.84. The number of rotatable bonds is 5. The lowest BCUT2D eigenvalue weighted by Crippen LogP contribution is -2.40. The van der Waals surface area contributed by atoms with Crippen LogP contribution in [0.5, 0.6) is 0 Å². The summed E-state index contributed by atoms with van der Waals surface area (Å²) in [5, 5.41) is 3.38. The fourth-order valence-corrected chi connectivity index (χ4v) is 2.76. The fraction of sp³-hybridized carbons (Fsp3) is 0.733. The summed E-state index contributed by atoms with van der Waals surface area (Å²) in [7, 11) is 0. The van der Waals surface area contributed by atoms with E-state index in [2.05, 4.69) is 36.0 Å². The lowest BCUT2D eigenvalue weighted by atomic mass is 9.93. The lowest BCUT2D eigenvalue weighted by molar-refractivity contribution is 0.375. The smallest absolute Gasteiger partial charge is 0.147 e. The lowest BCUT2D eigenvalue weighted by Gasteiger charge is -2.37. The summed E-state index contributed by atoms with van der Waals surface area (Å²) in [6.07, 6.45) is 7.41. The first kappa shape index (κ1) is 14.3. The second kappa shape index (κ2) is 6.85. The van der Waals surface area contributed by atoms with Crippen LogP contribution in [0.25, 0.3) is 0 Å². The van der Waals surface area contributed by atoms with Gasteiger partial charge < -0.3 is 10.2 Å². The number of hydrogen-bond donors (Lipinski definition) is 1. The average molecular weight is 262 g/mol. The summed E-state index contributed by atoms with van der Waals surface area (Å²) >= 11 is 0. The molecule has 4 nitrogen and oxygen atoms in total. The molecule has 2 heterocycles. The number of nitrogens with zero attached hydrogens (tertiary/aromatic N) is 3. The van der Waals surface area contributed by atoms with Crippen LogP contribution in [0, 0.1) is 5.92 Å². The van der Waals surface area contributed by atoms with Gasteiger partial charge >= 0.3 is 0 Å².